The van der Waals surface area contributed by atoms with Gasteiger partial charge < -0.3 is 10.6 Å². The van der Waals surface area contributed by atoms with E-state index >= 15 is 0 Å². The van der Waals surface area contributed by atoms with Gasteiger partial charge in [-0.25, -0.2) is 13.1 Å². The Morgan fingerprint density at radius 1 is 1.30 bits per heavy atom. The zero-order valence-corrected chi connectivity index (χ0v) is 12.2. The Morgan fingerprint density at radius 3 is 2.55 bits per heavy atom. The van der Waals surface area contributed by atoms with Crippen LogP contribution in [0.25, 0.3) is 0 Å². The van der Waals surface area contributed by atoms with Crippen molar-refractivity contribution >= 4 is 21.6 Å². The van der Waals surface area contributed by atoms with Gasteiger partial charge in [-0.3, -0.25) is 4.79 Å². The second kappa shape index (κ2) is 6.34. The van der Waals surface area contributed by atoms with Crippen LogP contribution in [-0.2, 0) is 14.8 Å². The second-order valence-electron chi connectivity index (χ2n) is 4.87. The van der Waals surface area contributed by atoms with Crippen LogP contribution in [0, 0.1) is 0 Å². The highest BCUT2D eigenvalue weighted by molar-refractivity contribution is 7.89. The van der Waals surface area contributed by atoms with E-state index in [2.05, 4.69) is 15.4 Å². The van der Waals surface area contributed by atoms with Crippen molar-refractivity contribution in [3.63, 3.8) is 0 Å². The van der Waals surface area contributed by atoms with Gasteiger partial charge in [0.15, 0.2) is 0 Å². The molecular formula is C13H19N3O3S. The van der Waals surface area contributed by atoms with E-state index in [4.69, 9.17) is 0 Å². The van der Waals surface area contributed by atoms with Crippen molar-refractivity contribution in [3.05, 3.63) is 24.3 Å². The van der Waals surface area contributed by atoms with E-state index in [9.17, 15) is 13.2 Å². The number of rotatable bonds is 4. The number of carbonyl (C=O) groups excluding carboxylic acids is 1. The number of benzene rings is 1. The first kappa shape index (κ1) is 15.0. The highest BCUT2D eigenvalue weighted by Crippen LogP contribution is 2.15. The molecule has 1 aromatic rings. The molecule has 0 aromatic heterocycles. The molecule has 1 heterocycles. The maximum absolute atomic E-state index is 12.2. The van der Waals surface area contributed by atoms with E-state index in [-0.39, 0.29) is 16.8 Å². The van der Waals surface area contributed by atoms with Gasteiger partial charge in [0.25, 0.3) is 0 Å². The average Bonchev–Trinajstić information content (AvgIpc) is 2.39. The van der Waals surface area contributed by atoms with Gasteiger partial charge in [-0.15, -0.1) is 0 Å². The van der Waals surface area contributed by atoms with Crippen LogP contribution in [0.5, 0.6) is 0 Å². The number of hydrogen-bond donors (Lipinski definition) is 3. The summed E-state index contributed by atoms with van der Waals surface area (Å²) >= 11 is 0. The predicted molar refractivity (Wildman–Crippen MR) is 77.0 cm³/mol. The molecule has 1 aliphatic rings. The minimum Gasteiger partial charge on any atom is -0.326 e. The van der Waals surface area contributed by atoms with Crippen molar-refractivity contribution in [3.8, 4) is 0 Å². The highest BCUT2D eigenvalue weighted by atomic mass is 32.2. The van der Waals surface area contributed by atoms with Crippen LogP contribution in [-0.4, -0.2) is 33.5 Å². The molecular weight excluding hydrogens is 278 g/mol. The molecule has 0 aliphatic carbocycles. The van der Waals surface area contributed by atoms with Crippen molar-refractivity contribution in [1.82, 2.24) is 10.0 Å². The molecule has 0 bridgehead atoms. The number of nitrogens with one attached hydrogen (secondary N) is 3. The molecule has 3 N–H and O–H groups in total. The molecule has 0 spiro atoms. The molecule has 1 saturated heterocycles. The zero-order valence-electron chi connectivity index (χ0n) is 11.3. The average molecular weight is 297 g/mol. The smallest absolute Gasteiger partial charge is 0.240 e. The summed E-state index contributed by atoms with van der Waals surface area (Å²) in [6, 6.07) is 6.07. The van der Waals surface area contributed by atoms with E-state index in [1.165, 1.54) is 19.1 Å². The summed E-state index contributed by atoms with van der Waals surface area (Å²) in [5.41, 5.74) is 0.579. The van der Waals surface area contributed by atoms with Gasteiger partial charge in [0.05, 0.1) is 4.90 Å². The van der Waals surface area contributed by atoms with Crippen LogP contribution in [0.2, 0.25) is 0 Å². The monoisotopic (exact) mass is 297 g/mol. The number of piperidine rings is 1. The van der Waals surface area contributed by atoms with Crippen LogP contribution in [0.15, 0.2) is 29.2 Å². The molecule has 0 saturated carbocycles. The van der Waals surface area contributed by atoms with Gasteiger partial charge in [0.1, 0.15) is 0 Å². The van der Waals surface area contributed by atoms with E-state index in [0.717, 1.165) is 19.4 Å². The number of carbonyl (C=O) groups is 1. The summed E-state index contributed by atoms with van der Waals surface area (Å²) in [5, 5.41) is 5.77. The van der Waals surface area contributed by atoms with Gasteiger partial charge in [-0.2, -0.15) is 0 Å². The Hall–Kier alpha value is -1.44. The third kappa shape index (κ3) is 4.03. The fraction of sp³-hybridized carbons (Fsp3) is 0.462. The fourth-order valence-corrected chi connectivity index (χ4v) is 3.43. The lowest BCUT2D eigenvalue weighted by Crippen LogP contribution is -2.45. The van der Waals surface area contributed by atoms with Crippen LogP contribution < -0.4 is 15.4 Å². The van der Waals surface area contributed by atoms with Gasteiger partial charge in [-0.05, 0) is 43.7 Å². The molecule has 1 aliphatic heterocycles. The van der Waals surface area contributed by atoms with Crippen molar-refractivity contribution in [2.45, 2.75) is 30.7 Å². The first-order valence-corrected chi connectivity index (χ1v) is 8.06. The number of hydrogen-bond acceptors (Lipinski definition) is 4. The highest BCUT2D eigenvalue weighted by Gasteiger charge is 2.21. The van der Waals surface area contributed by atoms with Crippen LogP contribution >= 0.6 is 0 Å². The predicted octanol–water partition coefficient (Wildman–Crippen LogP) is 0.675. The Kier molecular flexibility index (Phi) is 4.74. The molecule has 0 radical (unpaired) electrons. The Balaban J connectivity index is 2.06. The third-order valence-corrected chi connectivity index (χ3v) is 4.64. The molecule has 2 rings (SSSR count). The largest absolute Gasteiger partial charge is 0.326 e. The van der Waals surface area contributed by atoms with E-state index in [0.29, 0.717) is 12.2 Å². The number of anilines is 1. The molecule has 1 unspecified atom stereocenters. The van der Waals surface area contributed by atoms with Gasteiger partial charge in [0, 0.05) is 25.2 Å². The lowest BCUT2D eigenvalue weighted by molar-refractivity contribution is -0.114. The molecule has 1 aromatic carbocycles. The van der Waals surface area contributed by atoms with Crippen LogP contribution in [0.4, 0.5) is 5.69 Å². The first-order chi connectivity index (χ1) is 9.47. The number of sulfonamides is 1. The lowest BCUT2D eigenvalue weighted by atomic mass is 10.1. The summed E-state index contributed by atoms with van der Waals surface area (Å²) in [6.45, 7) is 3.00. The quantitative estimate of drug-likeness (QED) is 0.762. The third-order valence-electron chi connectivity index (χ3n) is 3.10. The fourth-order valence-electron chi connectivity index (χ4n) is 2.16. The molecule has 1 fully saturated rings. The van der Waals surface area contributed by atoms with Crippen molar-refractivity contribution in [1.29, 1.82) is 0 Å². The molecule has 110 valence electrons. The summed E-state index contributed by atoms with van der Waals surface area (Å²) < 4.78 is 27.1. The Bertz CT molecular complexity index is 563. The maximum atomic E-state index is 12.2. The molecule has 6 nitrogen and oxygen atoms in total. The van der Waals surface area contributed by atoms with Gasteiger partial charge in [-0.1, -0.05) is 0 Å². The summed E-state index contributed by atoms with van der Waals surface area (Å²) in [5.74, 6) is -0.188. The van der Waals surface area contributed by atoms with Crippen LogP contribution in [0.1, 0.15) is 19.8 Å². The summed E-state index contributed by atoms with van der Waals surface area (Å²) in [7, 11) is -3.51. The molecule has 7 heteroatoms. The van der Waals surface area contributed by atoms with E-state index in [1.807, 2.05) is 0 Å². The van der Waals surface area contributed by atoms with Crippen LogP contribution in [0.3, 0.4) is 0 Å². The first-order valence-electron chi connectivity index (χ1n) is 6.58. The minimum atomic E-state index is -3.51. The standard InChI is InChI=1S/C13H19N3O3S/c1-10(17)15-11-4-6-13(7-5-11)20(18,19)16-12-3-2-8-14-9-12/h4-7,12,14,16H,2-3,8-9H2,1H3,(H,15,17). The molecule has 1 amide bonds. The zero-order chi connectivity index (χ0) is 14.6. The van der Waals surface area contributed by atoms with E-state index in [1.54, 1.807) is 12.1 Å². The topological polar surface area (TPSA) is 87.3 Å². The van der Waals surface area contributed by atoms with Crippen molar-refractivity contribution in [2.75, 3.05) is 18.4 Å². The summed E-state index contributed by atoms with van der Waals surface area (Å²) in [6.07, 6.45) is 1.81. The SMILES string of the molecule is CC(=O)Nc1ccc(S(=O)(=O)NC2CCCNC2)cc1. The van der Waals surface area contributed by atoms with Gasteiger partial charge in [0.2, 0.25) is 15.9 Å². The normalized spacial score (nSPS) is 19.6. The molecule has 20 heavy (non-hydrogen) atoms. The maximum Gasteiger partial charge on any atom is 0.240 e. The Labute approximate surface area is 119 Å². The van der Waals surface area contributed by atoms with Crippen molar-refractivity contribution in [2.24, 2.45) is 0 Å². The van der Waals surface area contributed by atoms with Crippen molar-refractivity contribution < 1.29 is 13.2 Å². The van der Waals surface area contributed by atoms with E-state index < -0.39 is 10.0 Å². The lowest BCUT2D eigenvalue weighted by Gasteiger charge is -2.23. The second-order valence-corrected chi connectivity index (χ2v) is 6.58. The summed E-state index contributed by atoms with van der Waals surface area (Å²) in [4.78, 5) is 11.1. The molecule has 1 atom stereocenters. The number of amides is 1. The van der Waals surface area contributed by atoms with Gasteiger partial charge >= 0.3 is 0 Å². The Morgan fingerprint density at radius 2 is 2.00 bits per heavy atom. The minimum absolute atomic E-state index is 0.0660.